The number of sulfonamides is 1. The van der Waals surface area contributed by atoms with Gasteiger partial charge in [-0.05, 0) is 18.2 Å². The SMILES string of the molecule is C=Cn1cc(CNc2ccc(NS(C)(=O)=O)c(Cl)c2)cn1. The van der Waals surface area contributed by atoms with Gasteiger partial charge < -0.3 is 5.32 Å². The average Bonchev–Trinajstić information content (AvgIpc) is 2.86. The molecule has 0 fully saturated rings. The first-order chi connectivity index (χ1) is 9.87. The van der Waals surface area contributed by atoms with Crippen molar-refractivity contribution in [3.05, 3.63) is 47.8 Å². The van der Waals surface area contributed by atoms with Gasteiger partial charge in [-0.15, -0.1) is 0 Å². The van der Waals surface area contributed by atoms with E-state index in [1.165, 1.54) is 0 Å². The molecule has 0 saturated carbocycles. The summed E-state index contributed by atoms with van der Waals surface area (Å²) in [4.78, 5) is 0. The predicted octanol–water partition coefficient (Wildman–Crippen LogP) is 2.62. The van der Waals surface area contributed by atoms with Crippen LogP contribution in [0.3, 0.4) is 0 Å². The van der Waals surface area contributed by atoms with Gasteiger partial charge in [0, 0.05) is 30.2 Å². The van der Waals surface area contributed by atoms with Gasteiger partial charge in [0.05, 0.1) is 23.2 Å². The Morgan fingerprint density at radius 2 is 2.24 bits per heavy atom. The zero-order chi connectivity index (χ0) is 15.5. The van der Waals surface area contributed by atoms with E-state index >= 15 is 0 Å². The number of nitrogens with one attached hydrogen (secondary N) is 2. The van der Waals surface area contributed by atoms with Crippen molar-refractivity contribution < 1.29 is 8.42 Å². The van der Waals surface area contributed by atoms with Crippen LogP contribution in [0.5, 0.6) is 0 Å². The van der Waals surface area contributed by atoms with Gasteiger partial charge in [0.25, 0.3) is 0 Å². The molecule has 0 aliphatic rings. The number of rotatable bonds is 6. The predicted molar refractivity (Wildman–Crippen MR) is 85.9 cm³/mol. The molecule has 0 amide bonds. The second-order valence-electron chi connectivity index (χ2n) is 4.43. The van der Waals surface area contributed by atoms with Crippen LogP contribution in [0.2, 0.25) is 5.02 Å². The molecule has 0 atom stereocenters. The third-order valence-electron chi connectivity index (χ3n) is 2.60. The molecule has 21 heavy (non-hydrogen) atoms. The summed E-state index contributed by atoms with van der Waals surface area (Å²) in [6, 6.07) is 5.02. The Morgan fingerprint density at radius 1 is 1.48 bits per heavy atom. The van der Waals surface area contributed by atoms with Crippen LogP contribution >= 0.6 is 11.6 Å². The lowest BCUT2D eigenvalue weighted by Gasteiger charge is -2.09. The molecular formula is C13H15ClN4O2S. The van der Waals surface area contributed by atoms with Crippen LogP contribution in [-0.4, -0.2) is 24.5 Å². The maximum absolute atomic E-state index is 11.2. The molecule has 1 aromatic heterocycles. The van der Waals surface area contributed by atoms with E-state index in [0.717, 1.165) is 17.5 Å². The Morgan fingerprint density at radius 3 is 2.81 bits per heavy atom. The summed E-state index contributed by atoms with van der Waals surface area (Å²) in [5.74, 6) is 0. The van der Waals surface area contributed by atoms with Crippen molar-refractivity contribution in [1.82, 2.24) is 9.78 Å². The molecule has 8 heteroatoms. The van der Waals surface area contributed by atoms with Crippen LogP contribution in [0, 0.1) is 0 Å². The van der Waals surface area contributed by atoms with Crippen LogP contribution < -0.4 is 10.0 Å². The summed E-state index contributed by atoms with van der Waals surface area (Å²) in [5.41, 5.74) is 2.12. The van der Waals surface area contributed by atoms with E-state index in [-0.39, 0.29) is 0 Å². The lowest BCUT2D eigenvalue weighted by molar-refractivity contribution is 0.607. The zero-order valence-electron chi connectivity index (χ0n) is 11.4. The number of hydrogen-bond acceptors (Lipinski definition) is 4. The van der Waals surface area contributed by atoms with Crippen LogP contribution in [0.25, 0.3) is 6.20 Å². The van der Waals surface area contributed by atoms with Crippen molar-refractivity contribution in [3.63, 3.8) is 0 Å². The van der Waals surface area contributed by atoms with Crippen LogP contribution in [0.4, 0.5) is 11.4 Å². The summed E-state index contributed by atoms with van der Waals surface area (Å²) >= 11 is 6.05. The van der Waals surface area contributed by atoms with Crippen LogP contribution in [0.1, 0.15) is 5.56 Å². The molecule has 1 aromatic carbocycles. The van der Waals surface area contributed by atoms with E-state index in [1.807, 2.05) is 6.20 Å². The van der Waals surface area contributed by atoms with E-state index in [0.29, 0.717) is 17.3 Å². The Labute approximate surface area is 128 Å². The topological polar surface area (TPSA) is 76.0 Å². The summed E-state index contributed by atoms with van der Waals surface area (Å²) in [6.45, 7) is 4.19. The van der Waals surface area contributed by atoms with E-state index in [4.69, 9.17) is 11.6 Å². The Hall–Kier alpha value is -1.99. The number of nitrogens with zero attached hydrogens (tertiary/aromatic N) is 2. The van der Waals surface area contributed by atoms with Crippen molar-refractivity contribution in [2.45, 2.75) is 6.54 Å². The molecule has 0 radical (unpaired) electrons. The number of hydrogen-bond donors (Lipinski definition) is 2. The minimum Gasteiger partial charge on any atom is -0.381 e. The first kappa shape index (κ1) is 15.4. The molecule has 112 valence electrons. The van der Waals surface area contributed by atoms with Gasteiger partial charge in [-0.2, -0.15) is 5.10 Å². The molecule has 0 saturated heterocycles. The molecule has 2 rings (SSSR count). The quantitative estimate of drug-likeness (QED) is 0.855. The van der Waals surface area contributed by atoms with E-state index in [9.17, 15) is 8.42 Å². The molecular weight excluding hydrogens is 312 g/mol. The highest BCUT2D eigenvalue weighted by atomic mass is 35.5. The monoisotopic (exact) mass is 326 g/mol. The van der Waals surface area contributed by atoms with Gasteiger partial charge in [0.1, 0.15) is 0 Å². The Bertz CT molecular complexity index is 755. The fraction of sp³-hybridized carbons (Fsp3) is 0.154. The largest absolute Gasteiger partial charge is 0.381 e. The minimum absolute atomic E-state index is 0.326. The highest BCUT2D eigenvalue weighted by Gasteiger charge is 2.07. The summed E-state index contributed by atoms with van der Waals surface area (Å²) in [5, 5.41) is 7.58. The number of benzene rings is 1. The first-order valence-electron chi connectivity index (χ1n) is 6.04. The summed E-state index contributed by atoms with van der Waals surface area (Å²) < 4.78 is 26.3. The van der Waals surface area contributed by atoms with Crippen molar-refractivity contribution in [3.8, 4) is 0 Å². The molecule has 0 unspecified atom stereocenters. The van der Waals surface area contributed by atoms with Crippen molar-refractivity contribution >= 4 is 39.2 Å². The van der Waals surface area contributed by atoms with Crippen molar-refractivity contribution in [2.75, 3.05) is 16.3 Å². The summed E-state index contributed by atoms with van der Waals surface area (Å²) in [6.07, 6.45) is 6.26. The average molecular weight is 327 g/mol. The van der Waals surface area contributed by atoms with Gasteiger partial charge >= 0.3 is 0 Å². The smallest absolute Gasteiger partial charge is 0.229 e. The van der Waals surface area contributed by atoms with Crippen molar-refractivity contribution in [2.24, 2.45) is 0 Å². The molecule has 2 N–H and O–H groups in total. The van der Waals surface area contributed by atoms with Crippen molar-refractivity contribution in [1.29, 1.82) is 0 Å². The number of aromatic nitrogens is 2. The first-order valence-corrected chi connectivity index (χ1v) is 8.31. The van der Waals surface area contributed by atoms with Gasteiger partial charge in [-0.3, -0.25) is 4.72 Å². The second-order valence-corrected chi connectivity index (χ2v) is 6.59. The molecule has 0 spiro atoms. The van der Waals surface area contributed by atoms with Gasteiger partial charge in [0.15, 0.2) is 0 Å². The molecule has 0 aliphatic carbocycles. The van der Waals surface area contributed by atoms with Crippen LogP contribution in [-0.2, 0) is 16.6 Å². The van der Waals surface area contributed by atoms with Gasteiger partial charge in [0.2, 0.25) is 10.0 Å². The maximum atomic E-state index is 11.2. The molecule has 2 aromatic rings. The number of anilines is 2. The fourth-order valence-electron chi connectivity index (χ4n) is 1.68. The Balaban J connectivity index is 2.04. The fourth-order valence-corrected chi connectivity index (χ4v) is 2.54. The zero-order valence-corrected chi connectivity index (χ0v) is 12.9. The van der Waals surface area contributed by atoms with E-state index in [2.05, 4.69) is 21.7 Å². The normalized spacial score (nSPS) is 11.1. The van der Waals surface area contributed by atoms with Crippen LogP contribution in [0.15, 0.2) is 37.2 Å². The third kappa shape index (κ3) is 4.51. The van der Waals surface area contributed by atoms with Gasteiger partial charge in [-0.1, -0.05) is 18.2 Å². The molecule has 0 bridgehead atoms. The number of halogens is 1. The Kier molecular flexibility index (Phi) is 4.54. The second kappa shape index (κ2) is 6.19. The lowest BCUT2D eigenvalue weighted by atomic mass is 10.2. The standard InChI is InChI=1S/C13H15ClN4O2S/c1-3-18-9-10(8-16-18)7-15-11-4-5-13(12(14)6-11)17-21(2,19)20/h3-6,8-9,15,17H,1,7H2,2H3. The third-order valence-corrected chi connectivity index (χ3v) is 3.51. The van der Waals surface area contributed by atoms with E-state index in [1.54, 1.807) is 35.3 Å². The minimum atomic E-state index is -3.34. The maximum Gasteiger partial charge on any atom is 0.229 e. The molecule has 6 nitrogen and oxygen atoms in total. The van der Waals surface area contributed by atoms with Gasteiger partial charge in [-0.25, -0.2) is 13.1 Å². The molecule has 1 heterocycles. The highest BCUT2D eigenvalue weighted by Crippen LogP contribution is 2.26. The highest BCUT2D eigenvalue weighted by molar-refractivity contribution is 7.92. The summed E-state index contributed by atoms with van der Waals surface area (Å²) in [7, 11) is -3.34. The van der Waals surface area contributed by atoms with E-state index < -0.39 is 10.0 Å². The lowest BCUT2D eigenvalue weighted by Crippen LogP contribution is -2.10. The molecule has 0 aliphatic heterocycles.